The monoisotopic (exact) mass is 347 g/mol. The lowest BCUT2D eigenvalue weighted by atomic mass is 10.1. The van der Waals surface area contributed by atoms with Gasteiger partial charge in [0.15, 0.2) is 0 Å². The first-order valence-corrected chi connectivity index (χ1v) is 8.99. The first-order chi connectivity index (χ1) is 12.7. The Morgan fingerprint density at radius 2 is 1.69 bits per heavy atom. The van der Waals surface area contributed by atoms with Gasteiger partial charge in [0.2, 0.25) is 0 Å². The predicted molar refractivity (Wildman–Crippen MR) is 104 cm³/mol. The summed E-state index contributed by atoms with van der Waals surface area (Å²) in [7, 11) is 0. The Morgan fingerprint density at radius 1 is 0.962 bits per heavy atom. The molecule has 5 heteroatoms. The molecular weight excluding hydrogens is 326 g/mol. The van der Waals surface area contributed by atoms with Crippen LogP contribution in [0.25, 0.3) is 16.4 Å². The van der Waals surface area contributed by atoms with Crippen LogP contribution in [0.15, 0.2) is 64.2 Å². The molecule has 0 saturated carbocycles. The Labute approximate surface area is 150 Å². The van der Waals surface area contributed by atoms with Gasteiger partial charge in [-0.05, 0) is 24.5 Å². The smallest absolute Gasteiger partial charge is 0.306 e. The molecule has 2 aromatic carbocycles. The number of nitrogens with zero attached hydrogens (tertiary/aromatic N) is 2. The Balaban J connectivity index is 2.06. The molecule has 0 fully saturated rings. The number of rotatable bonds is 5. The molecule has 0 amide bonds. The van der Waals surface area contributed by atoms with Crippen molar-refractivity contribution >= 4 is 16.4 Å². The Kier molecular flexibility index (Phi) is 4.21. The van der Waals surface area contributed by atoms with E-state index < -0.39 is 0 Å². The van der Waals surface area contributed by atoms with Crippen molar-refractivity contribution in [3.63, 3.8) is 0 Å². The van der Waals surface area contributed by atoms with Gasteiger partial charge >= 0.3 is 11.4 Å². The van der Waals surface area contributed by atoms with Crippen molar-refractivity contribution in [2.24, 2.45) is 0 Å². The molecule has 0 radical (unpaired) electrons. The molecular formula is C21H21N3O2. The van der Waals surface area contributed by atoms with Crippen molar-refractivity contribution in [3.05, 3.63) is 86.8 Å². The molecule has 0 bridgehead atoms. The van der Waals surface area contributed by atoms with Crippen molar-refractivity contribution in [3.8, 4) is 0 Å². The molecule has 1 N–H and O–H groups in total. The largest absolute Gasteiger partial charge is 0.337 e. The molecule has 0 aliphatic carbocycles. The van der Waals surface area contributed by atoms with Gasteiger partial charge in [-0.3, -0.25) is 4.57 Å². The topological polar surface area (TPSA) is 59.3 Å². The third-order valence-corrected chi connectivity index (χ3v) is 4.82. The maximum atomic E-state index is 13.1. The average Bonchev–Trinajstić information content (AvgIpc) is 2.94. The fourth-order valence-corrected chi connectivity index (χ4v) is 3.55. The number of hydrogen-bond acceptors (Lipinski definition) is 2. The number of H-pyrrole nitrogens is 1. The summed E-state index contributed by atoms with van der Waals surface area (Å²) in [6.07, 6.45) is 2.76. The summed E-state index contributed by atoms with van der Waals surface area (Å²) in [6, 6.07) is 17.5. The van der Waals surface area contributed by atoms with Crippen LogP contribution < -0.4 is 11.4 Å². The Hall–Kier alpha value is -3.08. The lowest BCUT2D eigenvalue weighted by molar-refractivity contribution is 0.675. The number of imidazole rings is 1. The van der Waals surface area contributed by atoms with E-state index in [9.17, 15) is 9.59 Å². The van der Waals surface area contributed by atoms with Crippen molar-refractivity contribution in [1.29, 1.82) is 0 Å². The number of benzene rings is 2. The van der Waals surface area contributed by atoms with Gasteiger partial charge in [0, 0.05) is 11.1 Å². The van der Waals surface area contributed by atoms with Crippen LogP contribution in [0, 0.1) is 0 Å². The van der Waals surface area contributed by atoms with E-state index in [1.807, 2.05) is 54.6 Å². The maximum absolute atomic E-state index is 13.1. The zero-order valence-corrected chi connectivity index (χ0v) is 14.7. The third kappa shape index (κ3) is 2.65. The highest BCUT2D eigenvalue weighted by molar-refractivity contribution is 5.94. The SMILES string of the molecule is CCCCc1c2c3ccccc3[nH]c(=O)n2c(=O)n1Cc1ccccc1. The summed E-state index contributed by atoms with van der Waals surface area (Å²) >= 11 is 0. The summed E-state index contributed by atoms with van der Waals surface area (Å²) in [5.74, 6) is 0. The number of hydrogen-bond donors (Lipinski definition) is 1. The Morgan fingerprint density at radius 3 is 2.46 bits per heavy atom. The molecule has 0 aliphatic heterocycles. The zero-order chi connectivity index (χ0) is 18.1. The fourth-order valence-electron chi connectivity index (χ4n) is 3.55. The van der Waals surface area contributed by atoms with Crippen LogP contribution in [-0.2, 0) is 13.0 Å². The molecule has 2 aromatic heterocycles. The molecule has 5 nitrogen and oxygen atoms in total. The zero-order valence-electron chi connectivity index (χ0n) is 14.7. The second-order valence-corrected chi connectivity index (χ2v) is 6.56. The highest BCUT2D eigenvalue weighted by Crippen LogP contribution is 2.21. The van der Waals surface area contributed by atoms with E-state index in [1.165, 1.54) is 4.40 Å². The highest BCUT2D eigenvalue weighted by Gasteiger charge is 2.19. The summed E-state index contributed by atoms with van der Waals surface area (Å²) in [5.41, 5.74) is 2.81. The number of unbranched alkanes of at least 4 members (excludes halogenated alkanes) is 1. The standard InChI is InChI=1S/C21H21N3O2/c1-2-3-13-18-19-16-11-7-8-12-17(16)22-20(25)24(19)21(26)23(18)14-15-9-5-4-6-10-15/h4-12H,2-3,13-14H2,1H3,(H,22,25). The first-order valence-electron chi connectivity index (χ1n) is 8.99. The fraction of sp³-hybridized carbons (Fsp3) is 0.238. The Bertz CT molecular complexity index is 1180. The number of aromatic nitrogens is 3. The minimum absolute atomic E-state index is 0.276. The minimum Gasteiger partial charge on any atom is -0.306 e. The number of para-hydroxylation sites is 1. The number of aryl methyl sites for hydroxylation is 1. The molecule has 4 aromatic rings. The van der Waals surface area contributed by atoms with Crippen LogP contribution in [-0.4, -0.2) is 14.0 Å². The minimum atomic E-state index is -0.381. The second-order valence-electron chi connectivity index (χ2n) is 6.56. The van der Waals surface area contributed by atoms with Gasteiger partial charge in [-0.25, -0.2) is 14.0 Å². The normalized spacial score (nSPS) is 11.4. The van der Waals surface area contributed by atoms with Gasteiger partial charge < -0.3 is 4.98 Å². The van der Waals surface area contributed by atoms with E-state index in [0.29, 0.717) is 6.54 Å². The second kappa shape index (κ2) is 6.67. The van der Waals surface area contributed by atoms with Gasteiger partial charge in [0.05, 0.1) is 17.6 Å². The van der Waals surface area contributed by atoms with E-state index in [1.54, 1.807) is 4.57 Å². The molecule has 26 heavy (non-hydrogen) atoms. The van der Waals surface area contributed by atoms with E-state index in [2.05, 4.69) is 11.9 Å². The van der Waals surface area contributed by atoms with Crippen LogP contribution >= 0.6 is 0 Å². The van der Waals surface area contributed by atoms with Gasteiger partial charge in [0.25, 0.3) is 0 Å². The molecule has 0 unspecified atom stereocenters. The van der Waals surface area contributed by atoms with Gasteiger partial charge in [-0.1, -0.05) is 61.9 Å². The lowest BCUT2D eigenvalue weighted by Gasteiger charge is -2.08. The van der Waals surface area contributed by atoms with Crippen LogP contribution in [0.1, 0.15) is 31.0 Å². The number of aromatic amines is 1. The van der Waals surface area contributed by atoms with Crippen molar-refractivity contribution in [1.82, 2.24) is 14.0 Å². The van der Waals surface area contributed by atoms with Gasteiger partial charge in [-0.15, -0.1) is 0 Å². The average molecular weight is 347 g/mol. The molecule has 0 aliphatic rings. The molecule has 132 valence electrons. The summed E-state index contributed by atoms with van der Waals surface area (Å²) in [6.45, 7) is 2.59. The third-order valence-electron chi connectivity index (χ3n) is 4.82. The molecule has 2 heterocycles. The molecule has 4 rings (SSSR count). The lowest BCUT2D eigenvalue weighted by Crippen LogP contribution is -2.30. The van der Waals surface area contributed by atoms with Crippen molar-refractivity contribution in [2.45, 2.75) is 32.7 Å². The number of nitrogens with one attached hydrogen (secondary N) is 1. The van der Waals surface area contributed by atoms with Gasteiger partial charge in [-0.2, -0.15) is 0 Å². The molecule has 0 saturated heterocycles. The van der Waals surface area contributed by atoms with Crippen molar-refractivity contribution in [2.75, 3.05) is 0 Å². The first kappa shape index (κ1) is 16.4. The van der Waals surface area contributed by atoms with E-state index in [0.717, 1.165) is 46.9 Å². The quantitative estimate of drug-likeness (QED) is 0.602. The highest BCUT2D eigenvalue weighted by atomic mass is 16.2. The van der Waals surface area contributed by atoms with E-state index in [-0.39, 0.29) is 11.4 Å². The predicted octanol–water partition coefficient (Wildman–Crippen LogP) is 3.33. The van der Waals surface area contributed by atoms with Crippen LogP contribution in [0.3, 0.4) is 0 Å². The van der Waals surface area contributed by atoms with Crippen molar-refractivity contribution < 1.29 is 0 Å². The number of fused-ring (bicyclic) bond motifs is 3. The van der Waals surface area contributed by atoms with Crippen LogP contribution in [0.5, 0.6) is 0 Å². The van der Waals surface area contributed by atoms with E-state index in [4.69, 9.17) is 0 Å². The summed E-state index contributed by atoms with van der Waals surface area (Å²) in [4.78, 5) is 28.5. The summed E-state index contributed by atoms with van der Waals surface area (Å²) < 4.78 is 3.04. The maximum Gasteiger partial charge on any atom is 0.337 e. The van der Waals surface area contributed by atoms with Gasteiger partial charge in [0.1, 0.15) is 0 Å². The van der Waals surface area contributed by atoms with Crippen LogP contribution in [0.4, 0.5) is 0 Å². The summed E-state index contributed by atoms with van der Waals surface area (Å²) in [5, 5.41) is 0.905. The van der Waals surface area contributed by atoms with Crippen LogP contribution in [0.2, 0.25) is 0 Å². The molecule has 0 atom stereocenters. The van der Waals surface area contributed by atoms with E-state index >= 15 is 0 Å². The molecule has 0 spiro atoms.